The molecule has 0 aromatic heterocycles. The van der Waals surface area contributed by atoms with E-state index in [0.29, 0.717) is 17.4 Å². The maximum atomic E-state index is 12.5. The lowest BCUT2D eigenvalue weighted by molar-refractivity contribution is -0.131. The summed E-state index contributed by atoms with van der Waals surface area (Å²) >= 11 is 5.89. The third-order valence-corrected chi connectivity index (χ3v) is 4.30. The molecule has 1 aromatic rings. The van der Waals surface area contributed by atoms with Crippen LogP contribution in [0.3, 0.4) is 0 Å². The Kier molecular flexibility index (Phi) is 6.52. The van der Waals surface area contributed by atoms with Gasteiger partial charge in [0.1, 0.15) is 0 Å². The molecule has 1 aliphatic heterocycles. The van der Waals surface area contributed by atoms with Crippen LogP contribution in [0, 0.1) is 5.92 Å². The van der Waals surface area contributed by atoms with Crippen LogP contribution in [-0.2, 0) is 11.2 Å². The van der Waals surface area contributed by atoms with Crippen LogP contribution in [0.1, 0.15) is 31.7 Å². The summed E-state index contributed by atoms with van der Waals surface area (Å²) in [6.07, 6.45) is 3.84. The molecule has 116 valence electrons. The SMILES string of the molecule is CCCN(CC1CCNCC1)C(=O)Cc1ccc(Cl)cc1. The number of carbonyl (C=O) groups excluding carboxylic acids is 1. The molecule has 4 heteroatoms. The van der Waals surface area contributed by atoms with Crippen LogP contribution in [-0.4, -0.2) is 37.0 Å². The second-order valence-electron chi connectivity index (χ2n) is 5.84. The van der Waals surface area contributed by atoms with E-state index in [1.807, 2.05) is 29.2 Å². The molecule has 3 nitrogen and oxygen atoms in total. The Morgan fingerprint density at radius 2 is 1.95 bits per heavy atom. The van der Waals surface area contributed by atoms with Crippen LogP contribution in [0.4, 0.5) is 0 Å². The van der Waals surface area contributed by atoms with Gasteiger partial charge in [0.05, 0.1) is 6.42 Å². The summed E-state index contributed by atoms with van der Waals surface area (Å²) in [5.41, 5.74) is 1.04. The van der Waals surface area contributed by atoms with Crippen molar-refractivity contribution in [2.45, 2.75) is 32.6 Å². The van der Waals surface area contributed by atoms with E-state index in [-0.39, 0.29) is 5.91 Å². The largest absolute Gasteiger partial charge is 0.342 e. The van der Waals surface area contributed by atoms with Crippen LogP contribution in [0.2, 0.25) is 5.02 Å². The molecule has 2 rings (SSSR count). The fourth-order valence-electron chi connectivity index (χ4n) is 2.85. The highest BCUT2D eigenvalue weighted by Gasteiger charge is 2.20. The van der Waals surface area contributed by atoms with Gasteiger partial charge < -0.3 is 10.2 Å². The van der Waals surface area contributed by atoms with Gasteiger partial charge in [-0.05, 0) is 56.0 Å². The molecule has 0 aliphatic carbocycles. The van der Waals surface area contributed by atoms with Crippen molar-refractivity contribution in [1.82, 2.24) is 10.2 Å². The molecular formula is C17H25ClN2O. The number of nitrogens with one attached hydrogen (secondary N) is 1. The highest BCUT2D eigenvalue weighted by molar-refractivity contribution is 6.30. The molecule has 1 N–H and O–H groups in total. The van der Waals surface area contributed by atoms with E-state index in [4.69, 9.17) is 11.6 Å². The summed E-state index contributed by atoms with van der Waals surface area (Å²) in [4.78, 5) is 14.6. The topological polar surface area (TPSA) is 32.3 Å². The molecule has 1 saturated heterocycles. The van der Waals surface area contributed by atoms with E-state index in [9.17, 15) is 4.79 Å². The van der Waals surface area contributed by atoms with Gasteiger partial charge in [0, 0.05) is 18.1 Å². The Labute approximate surface area is 132 Å². The predicted molar refractivity (Wildman–Crippen MR) is 87.6 cm³/mol. The van der Waals surface area contributed by atoms with Gasteiger partial charge >= 0.3 is 0 Å². The molecule has 0 bridgehead atoms. The fraction of sp³-hybridized carbons (Fsp3) is 0.588. The van der Waals surface area contributed by atoms with E-state index in [0.717, 1.165) is 38.2 Å². The average Bonchev–Trinajstić information content (AvgIpc) is 2.50. The number of benzene rings is 1. The Morgan fingerprint density at radius 1 is 1.29 bits per heavy atom. The maximum absolute atomic E-state index is 12.5. The number of amides is 1. The fourth-order valence-corrected chi connectivity index (χ4v) is 2.98. The predicted octanol–water partition coefficient (Wildman–Crippen LogP) is 3.12. The van der Waals surface area contributed by atoms with Crippen molar-refractivity contribution in [1.29, 1.82) is 0 Å². The van der Waals surface area contributed by atoms with Crippen molar-refractivity contribution in [3.63, 3.8) is 0 Å². The lowest BCUT2D eigenvalue weighted by atomic mass is 9.97. The molecule has 1 aliphatic rings. The van der Waals surface area contributed by atoms with Crippen molar-refractivity contribution in [3.05, 3.63) is 34.9 Å². The van der Waals surface area contributed by atoms with Gasteiger partial charge in [-0.2, -0.15) is 0 Å². The zero-order valence-corrected chi connectivity index (χ0v) is 13.5. The first-order valence-corrected chi connectivity index (χ1v) is 8.29. The third-order valence-electron chi connectivity index (χ3n) is 4.05. The van der Waals surface area contributed by atoms with E-state index in [1.54, 1.807) is 0 Å². The van der Waals surface area contributed by atoms with Crippen LogP contribution in [0.15, 0.2) is 24.3 Å². The zero-order valence-electron chi connectivity index (χ0n) is 12.8. The van der Waals surface area contributed by atoms with Crippen molar-refractivity contribution < 1.29 is 4.79 Å². The summed E-state index contributed by atoms with van der Waals surface area (Å²) in [6.45, 7) is 6.05. The quantitative estimate of drug-likeness (QED) is 0.875. The van der Waals surface area contributed by atoms with Crippen molar-refractivity contribution in [2.75, 3.05) is 26.2 Å². The lowest BCUT2D eigenvalue weighted by Gasteiger charge is -2.30. The second kappa shape index (κ2) is 8.40. The van der Waals surface area contributed by atoms with Gasteiger partial charge in [-0.1, -0.05) is 30.7 Å². The summed E-state index contributed by atoms with van der Waals surface area (Å²) in [5.74, 6) is 0.879. The monoisotopic (exact) mass is 308 g/mol. The second-order valence-corrected chi connectivity index (χ2v) is 6.27. The number of carbonyl (C=O) groups is 1. The molecule has 21 heavy (non-hydrogen) atoms. The normalized spacial score (nSPS) is 15.9. The van der Waals surface area contributed by atoms with Crippen LogP contribution >= 0.6 is 11.6 Å². The van der Waals surface area contributed by atoms with Gasteiger partial charge in [-0.15, -0.1) is 0 Å². The highest BCUT2D eigenvalue weighted by Crippen LogP contribution is 2.16. The third kappa shape index (κ3) is 5.33. The molecule has 0 saturated carbocycles. The van der Waals surface area contributed by atoms with E-state index in [2.05, 4.69) is 12.2 Å². The maximum Gasteiger partial charge on any atom is 0.226 e. The smallest absolute Gasteiger partial charge is 0.226 e. The van der Waals surface area contributed by atoms with Gasteiger partial charge in [-0.3, -0.25) is 4.79 Å². The molecule has 1 fully saturated rings. The zero-order chi connectivity index (χ0) is 15.1. The number of piperidine rings is 1. The minimum atomic E-state index is 0.234. The van der Waals surface area contributed by atoms with Gasteiger partial charge in [-0.25, -0.2) is 0 Å². The molecule has 0 radical (unpaired) electrons. The number of halogens is 1. The molecule has 1 heterocycles. The number of hydrogen-bond acceptors (Lipinski definition) is 2. The van der Waals surface area contributed by atoms with E-state index >= 15 is 0 Å². The summed E-state index contributed by atoms with van der Waals surface area (Å²) < 4.78 is 0. The van der Waals surface area contributed by atoms with Crippen LogP contribution in [0.5, 0.6) is 0 Å². The number of rotatable bonds is 6. The lowest BCUT2D eigenvalue weighted by Crippen LogP contribution is -2.40. The highest BCUT2D eigenvalue weighted by atomic mass is 35.5. The van der Waals surface area contributed by atoms with Crippen LogP contribution < -0.4 is 5.32 Å². The molecular weight excluding hydrogens is 284 g/mol. The Hall–Kier alpha value is -1.06. The minimum absolute atomic E-state index is 0.234. The standard InChI is InChI=1S/C17H25ClN2O/c1-2-11-20(13-15-7-9-19-10-8-15)17(21)12-14-3-5-16(18)6-4-14/h3-6,15,19H,2,7-13H2,1H3. The van der Waals surface area contributed by atoms with Crippen LogP contribution in [0.25, 0.3) is 0 Å². The molecule has 1 aromatic carbocycles. The molecule has 0 unspecified atom stereocenters. The van der Waals surface area contributed by atoms with Gasteiger partial charge in [0.15, 0.2) is 0 Å². The number of hydrogen-bond donors (Lipinski definition) is 1. The summed E-state index contributed by atoms with van der Waals surface area (Å²) in [6, 6.07) is 7.58. The Balaban J connectivity index is 1.92. The Bertz CT molecular complexity index is 441. The molecule has 0 spiro atoms. The number of nitrogens with zero attached hydrogens (tertiary/aromatic N) is 1. The van der Waals surface area contributed by atoms with Gasteiger partial charge in [0.25, 0.3) is 0 Å². The Morgan fingerprint density at radius 3 is 2.57 bits per heavy atom. The first-order chi connectivity index (χ1) is 10.2. The van der Waals surface area contributed by atoms with Crippen molar-refractivity contribution >= 4 is 17.5 Å². The summed E-state index contributed by atoms with van der Waals surface area (Å²) in [5, 5.41) is 4.09. The molecule has 0 atom stereocenters. The van der Waals surface area contributed by atoms with Gasteiger partial charge in [0.2, 0.25) is 5.91 Å². The first-order valence-electron chi connectivity index (χ1n) is 7.92. The average molecular weight is 309 g/mol. The van der Waals surface area contributed by atoms with Crippen molar-refractivity contribution in [2.24, 2.45) is 5.92 Å². The minimum Gasteiger partial charge on any atom is -0.342 e. The van der Waals surface area contributed by atoms with Crippen molar-refractivity contribution in [3.8, 4) is 0 Å². The summed E-state index contributed by atoms with van der Waals surface area (Å²) in [7, 11) is 0. The first kappa shape index (κ1) is 16.3. The molecule has 1 amide bonds. The van der Waals surface area contributed by atoms with E-state index in [1.165, 1.54) is 12.8 Å². The van der Waals surface area contributed by atoms with E-state index < -0.39 is 0 Å².